The van der Waals surface area contributed by atoms with Gasteiger partial charge in [0.05, 0.1) is 19.3 Å². The lowest BCUT2D eigenvalue weighted by Crippen LogP contribution is -2.49. The summed E-state index contributed by atoms with van der Waals surface area (Å²) in [6.45, 7) is 3.31. The van der Waals surface area contributed by atoms with E-state index in [9.17, 15) is 9.59 Å². The van der Waals surface area contributed by atoms with Gasteiger partial charge in [0, 0.05) is 38.6 Å². The maximum atomic E-state index is 12.3. The molecule has 0 radical (unpaired) electrons. The van der Waals surface area contributed by atoms with Crippen LogP contribution in [0, 0.1) is 0 Å². The van der Waals surface area contributed by atoms with Gasteiger partial charge in [-0.1, -0.05) is 0 Å². The van der Waals surface area contributed by atoms with Crippen LogP contribution in [-0.4, -0.2) is 66.6 Å². The number of nitrogens with one attached hydrogen (secondary N) is 1. The number of carbonyl (C=O) groups excluding carboxylic acids is 2. The molecule has 1 fully saturated rings. The van der Waals surface area contributed by atoms with Crippen molar-refractivity contribution in [1.29, 1.82) is 0 Å². The summed E-state index contributed by atoms with van der Waals surface area (Å²) < 4.78 is 4.71. The number of piperazine rings is 1. The van der Waals surface area contributed by atoms with Gasteiger partial charge in [-0.3, -0.25) is 9.69 Å². The van der Waals surface area contributed by atoms with Crippen LogP contribution in [0.1, 0.15) is 9.67 Å². The predicted molar refractivity (Wildman–Crippen MR) is 95.0 cm³/mol. The van der Waals surface area contributed by atoms with Crippen molar-refractivity contribution in [1.82, 2.24) is 14.9 Å². The number of methoxy groups -OCH3 is 1. The summed E-state index contributed by atoms with van der Waals surface area (Å²) in [5.41, 5.74) is 0.498. The van der Waals surface area contributed by atoms with Crippen LogP contribution in [0.15, 0.2) is 29.9 Å². The van der Waals surface area contributed by atoms with Gasteiger partial charge in [0.2, 0.25) is 11.9 Å². The molecule has 1 aliphatic rings. The molecule has 0 aliphatic carbocycles. The first-order valence-electron chi connectivity index (χ1n) is 7.87. The summed E-state index contributed by atoms with van der Waals surface area (Å²) in [5, 5.41) is 4.54. The maximum absolute atomic E-state index is 12.3. The molecular weight excluding hydrogens is 342 g/mol. The molecule has 8 nitrogen and oxygen atoms in total. The highest BCUT2D eigenvalue weighted by molar-refractivity contribution is 7.12. The molecule has 0 saturated carbocycles. The number of ether oxygens (including phenoxy) is 1. The third kappa shape index (κ3) is 4.31. The zero-order valence-corrected chi connectivity index (χ0v) is 14.7. The fourth-order valence-corrected chi connectivity index (χ4v) is 3.38. The molecule has 3 heterocycles. The third-order valence-corrected chi connectivity index (χ3v) is 4.78. The van der Waals surface area contributed by atoms with Crippen LogP contribution in [0.4, 0.5) is 11.6 Å². The number of amides is 1. The number of rotatable bonds is 5. The van der Waals surface area contributed by atoms with E-state index < -0.39 is 5.97 Å². The molecule has 3 rings (SSSR count). The van der Waals surface area contributed by atoms with E-state index in [2.05, 4.69) is 25.1 Å². The molecule has 0 atom stereocenters. The molecule has 25 heavy (non-hydrogen) atoms. The average molecular weight is 361 g/mol. The first-order valence-corrected chi connectivity index (χ1v) is 8.75. The minimum absolute atomic E-state index is 0.145. The Morgan fingerprint density at radius 3 is 2.64 bits per heavy atom. The largest absolute Gasteiger partial charge is 0.465 e. The van der Waals surface area contributed by atoms with E-state index in [1.165, 1.54) is 18.4 Å². The van der Waals surface area contributed by atoms with Gasteiger partial charge in [-0.2, -0.15) is 0 Å². The van der Waals surface area contributed by atoms with E-state index in [1.807, 2.05) is 0 Å². The molecule has 132 valence electrons. The summed E-state index contributed by atoms with van der Waals surface area (Å²) in [6, 6.07) is 3.50. The molecule has 0 unspecified atom stereocenters. The first kappa shape index (κ1) is 17.3. The molecule has 1 amide bonds. The lowest BCUT2D eigenvalue weighted by Gasteiger charge is -2.34. The van der Waals surface area contributed by atoms with Crippen LogP contribution in [-0.2, 0) is 9.53 Å². The summed E-state index contributed by atoms with van der Waals surface area (Å²) in [6.07, 6.45) is 3.45. The fourth-order valence-electron chi connectivity index (χ4n) is 2.61. The molecule has 9 heteroatoms. The normalized spacial score (nSPS) is 15.0. The number of hydrogen-bond donors (Lipinski definition) is 1. The zero-order valence-electron chi connectivity index (χ0n) is 13.8. The van der Waals surface area contributed by atoms with Crippen LogP contribution in [0.2, 0.25) is 0 Å². The van der Waals surface area contributed by atoms with Crippen molar-refractivity contribution in [3.8, 4) is 0 Å². The molecule has 0 spiro atoms. The van der Waals surface area contributed by atoms with Crippen molar-refractivity contribution in [2.75, 3.05) is 50.1 Å². The number of carbonyl (C=O) groups is 2. The summed E-state index contributed by atoms with van der Waals surface area (Å²) in [4.78, 5) is 37.0. The van der Waals surface area contributed by atoms with Crippen LogP contribution in [0.5, 0.6) is 0 Å². The molecular formula is C16H19N5O3S. The number of thiophene rings is 1. The molecule has 2 aromatic rings. The maximum Gasteiger partial charge on any atom is 0.350 e. The van der Waals surface area contributed by atoms with E-state index in [1.54, 1.807) is 29.9 Å². The summed E-state index contributed by atoms with van der Waals surface area (Å²) in [5.74, 6) is 0.127. The summed E-state index contributed by atoms with van der Waals surface area (Å²) >= 11 is 1.24. The van der Waals surface area contributed by atoms with E-state index in [4.69, 9.17) is 4.74 Å². The highest BCUT2D eigenvalue weighted by Crippen LogP contribution is 2.23. The minimum Gasteiger partial charge on any atom is -0.465 e. The monoisotopic (exact) mass is 361 g/mol. The Hall–Kier alpha value is -2.52. The van der Waals surface area contributed by atoms with Crippen LogP contribution >= 0.6 is 11.3 Å². The summed E-state index contributed by atoms with van der Waals surface area (Å²) in [7, 11) is 1.32. The van der Waals surface area contributed by atoms with E-state index in [0.29, 0.717) is 16.5 Å². The van der Waals surface area contributed by atoms with Crippen molar-refractivity contribution in [2.45, 2.75) is 0 Å². The Kier molecular flexibility index (Phi) is 5.56. The highest BCUT2D eigenvalue weighted by Gasteiger charge is 2.21. The first-order chi connectivity index (χ1) is 12.2. The molecule has 0 bridgehead atoms. The molecule has 1 N–H and O–H groups in total. The Morgan fingerprint density at radius 2 is 1.96 bits per heavy atom. The Balaban J connectivity index is 1.50. The van der Waals surface area contributed by atoms with Crippen molar-refractivity contribution in [3.63, 3.8) is 0 Å². The van der Waals surface area contributed by atoms with E-state index in [0.717, 1.165) is 26.2 Å². The third-order valence-electron chi connectivity index (χ3n) is 3.88. The van der Waals surface area contributed by atoms with E-state index in [-0.39, 0.29) is 12.5 Å². The Labute approximate surface area is 149 Å². The minimum atomic E-state index is -0.443. The van der Waals surface area contributed by atoms with E-state index >= 15 is 0 Å². The highest BCUT2D eigenvalue weighted by atomic mass is 32.1. The lowest BCUT2D eigenvalue weighted by molar-refractivity contribution is -0.117. The van der Waals surface area contributed by atoms with Gasteiger partial charge in [0.15, 0.2) is 0 Å². The predicted octanol–water partition coefficient (Wildman–Crippen LogP) is 1.09. The SMILES string of the molecule is COC(=O)c1sccc1NC(=O)CN1CCN(c2ncccn2)CC1. The molecule has 2 aromatic heterocycles. The van der Waals surface area contributed by atoms with Crippen LogP contribution < -0.4 is 10.2 Å². The number of anilines is 2. The fraction of sp³-hybridized carbons (Fsp3) is 0.375. The second-order valence-corrected chi connectivity index (χ2v) is 6.43. The Bertz CT molecular complexity index is 728. The number of hydrogen-bond acceptors (Lipinski definition) is 8. The number of esters is 1. The van der Waals surface area contributed by atoms with Crippen molar-refractivity contribution >= 4 is 34.8 Å². The van der Waals surface area contributed by atoms with Gasteiger partial charge < -0.3 is 15.0 Å². The molecule has 0 aromatic carbocycles. The lowest BCUT2D eigenvalue weighted by atomic mass is 10.3. The second-order valence-electron chi connectivity index (χ2n) is 5.52. The van der Waals surface area contributed by atoms with Gasteiger partial charge in [-0.15, -0.1) is 11.3 Å². The van der Waals surface area contributed by atoms with Crippen molar-refractivity contribution in [3.05, 3.63) is 34.8 Å². The smallest absolute Gasteiger partial charge is 0.350 e. The number of nitrogens with zero attached hydrogens (tertiary/aromatic N) is 4. The van der Waals surface area contributed by atoms with Gasteiger partial charge in [-0.25, -0.2) is 14.8 Å². The topological polar surface area (TPSA) is 87.7 Å². The molecule has 1 aliphatic heterocycles. The number of aromatic nitrogens is 2. The van der Waals surface area contributed by atoms with Gasteiger partial charge in [0.25, 0.3) is 0 Å². The second kappa shape index (κ2) is 8.04. The Morgan fingerprint density at radius 1 is 1.24 bits per heavy atom. The standard InChI is InChI=1S/C16H19N5O3S/c1-24-15(23)14-12(3-10-25-14)19-13(22)11-20-6-8-21(9-7-20)16-17-4-2-5-18-16/h2-5,10H,6-9,11H2,1H3,(H,19,22). The van der Waals surface area contributed by atoms with Crippen molar-refractivity contribution < 1.29 is 14.3 Å². The van der Waals surface area contributed by atoms with Crippen LogP contribution in [0.25, 0.3) is 0 Å². The van der Waals surface area contributed by atoms with Gasteiger partial charge in [-0.05, 0) is 17.5 Å². The van der Waals surface area contributed by atoms with Gasteiger partial charge >= 0.3 is 5.97 Å². The average Bonchev–Trinajstić information content (AvgIpc) is 3.10. The van der Waals surface area contributed by atoms with Crippen LogP contribution in [0.3, 0.4) is 0 Å². The van der Waals surface area contributed by atoms with Gasteiger partial charge in [0.1, 0.15) is 4.88 Å². The van der Waals surface area contributed by atoms with Crippen molar-refractivity contribution in [2.24, 2.45) is 0 Å². The quantitative estimate of drug-likeness (QED) is 0.798. The molecule has 1 saturated heterocycles. The zero-order chi connectivity index (χ0) is 17.6.